The largest absolute Gasteiger partial charge is 0.399 e. The zero-order chi connectivity index (χ0) is 9.26. The highest BCUT2D eigenvalue weighted by molar-refractivity contribution is 5.83. The lowest BCUT2D eigenvalue weighted by Gasteiger charge is -2.02. The first-order valence-corrected chi connectivity index (χ1v) is 4.35. The first-order valence-electron chi connectivity index (χ1n) is 4.35. The van der Waals surface area contributed by atoms with Crippen LogP contribution in [0.25, 0.3) is 10.9 Å². The van der Waals surface area contributed by atoms with Crippen molar-refractivity contribution in [2.45, 2.75) is 6.54 Å². The van der Waals surface area contributed by atoms with Gasteiger partial charge in [0.25, 0.3) is 0 Å². The van der Waals surface area contributed by atoms with Gasteiger partial charge in [0.1, 0.15) is 0 Å². The van der Waals surface area contributed by atoms with E-state index in [0.29, 0.717) is 6.54 Å². The maximum atomic E-state index is 5.70. The smallest absolute Gasteiger partial charge is 0.0501 e. The number of nitrogens with two attached hydrogens (primary N) is 2. The molecule has 0 spiro atoms. The molecule has 0 radical (unpaired) electrons. The average Bonchev–Trinajstić information content (AvgIpc) is 2.49. The van der Waals surface area contributed by atoms with E-state index in [4.69, 9.17) is 11.5 Å². The van der Waals surface area contributed by atoms with Gasteiger partial charge < -0.3 is 16.0 Å². The fourth-order valence-corrected chi connectivity index (χ4v) is 1.54. The summed E-state index contributed by atoms with van der Waals surface area (Å²) in [6, 6.07) is 7.99. The maximum absolute atomic E-state index is 5.70. The number of anilines is 1. The van der Waals surface area contributed by atoms with E-state index in [9.17, 15) is 0 Å². The Morgan fingerprint density at radius 1 is 1.23 bits per heavy atom. The van der Waals surface area contributed by atoms with Crippen molar-refractivity contribution >= 4 is 16.6 Å². The van der Waals surface area contributed by atoms with Crippen molar-refractivity contribution in [3.05, 3.63) is 30.5 Å². The molecule has 0 aliphatic carbocycles. The van der Waals surface area contributed by atoms with Crippen LogP contribution in [0.3, 0.4) is 0 Å². The van der Waals surface area contributed by atoms with Crippen LogP contribution in [0.15, 0.2) is 30.5 Å². The molecule has 0 amide bonds. The molecule has 2 aromatic rings. The second kappa shape index (κ2) is 3.11. The minimum atomic E-state index is 0.651. The highest BCUT2D eigenvalue weighted by Crippen LogP contribution is 2.18. The number of benzene rings is 1. The molecule has 3 nitrogen and oxygen atoms in total. The van der Waals surface area contributed by atoms with Crippen LogP contribution in [0.5, 0.6) is 0 Å². The van der Waals surface area contributed by atoms with Gasteiger partial charge in [-0.05, 0) is 23.6 Å². The Bertz CT molecular complexity index is 417. The van der Waals surface area contributed by atoms with Crippen LogP contribution in [-0.2, 0) is 6.54 Å². The Labute approximate surface area is 76.9 Å². The van der Waals surface area contributed by atoms with E-state index in [1.165, 1.54) is 5.39 Å². The fourth-order valence-electron chi connectivity index (χ4n) is 1.54. The van der Waals surface area contributed by atoms with Crippen molar-refractivity contribution in [2.75, 3.05) is 12.3 Å². The predicted molar refractivity (Wildman–Crippen MR) is 55.4 cm³/mol. The molecular weight excluding hydrogens is 162 g/mol. The summed E-state index contributed by atoms with van der Waals surface area (Å²) in [4.78, 5) is 0. The molecule has 68 valence electrons. The summed E-state index contributed by atoms with van der Waals surface area (Å²) >= 11 is 0. The van der Waals surface area contributed by atoms with Gasteiger partial charge in [-0.3, -0.25) is 0 Å². The van der Waals surface area contributed by atoms with Crippen LogP contribution in [-0.4, -0.2) is 11.1 Å². The third-order valence-corrected chi connectivity index (χ3v) is 2.17. The molecule has 1 aromatic carbocycles. The Balaban J connectivity index is 2.58. The summed E-state index contributed by atoms with van der Waals surface area (Å²) in [5, 5.41) is 1.21. The summed E-state index contributed by atoms with van der Waals surface area (Å²) in [6.45, 7) is 1.49. The number of nitrogens with zero attached hydrogens (tertiary/aromatic N) is 1. The number of hydrogen-bond acceptors (Lipinski definition) is 2. The second-order valence-corrected chi connectivity index (χ2v) is 3.12. The van der Waals surface area contributed by atoms with Gasteiger partial charge in [0, 0.05) is 25.0 Å². The second-order valence-electron chi connectivity index (χ2n) is 3.12. The zero-order valence-electron chi connectivity index (χ0n) is 7.40. The summed E-state index contributed by atoms with van der Waals surface area (Å²) in [5.41, 5.74) is 13.2. The van der Waals surface area contributed by atoms with Crippen molar-refractivity contribution in [2.24, 2.45) is 5.73 Å². The molecule has 1 heterocycles. The molecule has 0 atom stereocenters. The van der Waals surface area contributed by atoms with Gasteiger partial charge in [-0.2, -0.15) is 0 Å². The number of aromatic nitrogens is 1. The van der Waals surface area contributed by atoms with Crippen molar-refractivity contribution in [3.8, 4) is 0 Å². The number of fused-ring (bicyclic) bond motifs is 1. The monoisotopic (exact) mass is 175 g/mol. The molecule has 0 saturated carbocycles. The summed E-state index contributed by atoms with van der Waals surface area (Å²) < 4.78 is 2.12. The molecule has 2 rings (SSSR count). The van der Waals surface area contributed by atoms with E-state index in [2.05, 4.69) is 10.6 Å². The Morgan fingerprint density at radius 3 is 2.85 bits per heavy atom. The lowest BCUT2D eigenvalue weighted by molar-refractivity contribution is 0.735. The van der Waals surface area contributed by atoms with Gasteiger partial charge in [0.05, 0.1) is 5.52 Å². The molecule has 0 aliphatic rings. The number of rotatable bonds is 2. The van der Waals surface area contributed by atoms with Crippen molar-refractivity contribution < 1.29 is 0 Å². The maximum Gasteiger partial charge on any atom is 0.0501 e. The molecule has 13 heavy (non-hydrogen) atoms. The van der Waals surface area contributed by atoms with E-state index in [1.54, 1.807) is 0 Å². The molecule has 4 N–H and O–H groups in total. The Kier molecular flexibility index (Phi) is 1.94. The van der Waals surface area contributed by atoms with Crippen LogP contribution >= 0.6 is 0 Å². The molecule has 0 bridgehead atoms. The highest BCUT2D eigenvalue weighted by atomic mass is 15.0. The molecular formula is C10H13N3. The average molecular weight is 175 g/mol. The minimum Gasteiger partial charge on any atom is -0.399 e. The van der Waals surface area contributed by atoms with Gasteiger partial charge in [-0.25, -0.2) is 0 Å². The van der Waals surface area contributed by atoms with Crippen LogP contribution in [0, 0.1) is 0 Å². The molecule has 3 heteroatoms. The van der Waals surface area contributed by atoms with Crippen LogP contribution in [0.4, 0.5) is 5.69 Å². The molecule has 0 unspecified atom stereocenters. The zero-order valence-corrected chi connectivity index (χ0v) is 7.40. The van der Waals surface area contributed by atoms with Gasteiger partial charge in [0.2, 0.25) is 0 Å². The van der Waals surface area contributed by atoms with Gasteiger partial charge in [0.15, 0.2) is 0 Å². The standard InChI is InChI=1S/C10H13N3/c11-4-6-13-5-3-8-1-2-9(12)7-10(8)13/h1-3,5,7H,4,6,11-12H2. The summed E-state index contributed by atoms with van der Waals surface area (Å²) in [6.07, 6.45) is 2.04. The number of nitrogen functional groups attached to an aromatic ring is 1. The van der Waals surface area contributed by atoms with E-state index in [-0.39, 0.29) is 0 Å². The third kappa shape index (κ3) is 1.38. The minimum absolute atomic E-state index is 0.651. The molecule has 1 aromatic heterocycles. The Hall–Kier alpha value is -1.48. The molecule has 0 aliphatic heterocycles. The van der Waals surface area contributed by atoms with E-state index >= 15 is 0 Å². The Morgan fingerprint density at radius 2 is 2.08 bits per heavy atom. The third-order valence-electron chi connectivity index (χ3n) is 2.17. The summed E-state index contributed by atoms with van der Waals surface area (Å²) in [5.74, 6) is 0. The van der Waals surface area contributed by atoms with E-state index < -0.39 is 0 Å². The molecule has 0 fully saturated rings. The summed E-state index contributed by atoms with van der Waals surface area (Å²) in [7, 11) is 0. The van der Waals surface area contributed by atoms with Crippen LogP contribution < -0.4 is 11.5 Å². The first-order chi connectivity index (χ1) is 6.31. The quantitative estimate of drug-likeness (QED) is 0.673. The predicted octanol–water partition coefficient (Wildman–Crippen LogP) is 1.18. The lowest BCUT2D eigenvalue weighted by atomic mass is 10.2. The first kappa shape index (κ1) is 8.13. The highest BCUT2D eigenvalue weighted by Gasteiger charge is 1.99. The fraction of sp³-hybridized carbons (Fsp3) is 0.200. The van der Waals surface area contributed by atoms with Crippen LogP contribution in [0.1, 0.15) is 0 Å². The van der Waals surface area contributed by atoms with E-state index in [1.807, 2.05) is 24.4 Å². The topological polar surface area (TPSA) is 57.0 Å². The van der Waals surface area contributed by atoms with Gasteiger partial charge >= 0.3 is 0 Å². The van der Waals surface area contributed by atoms with Crippen molar-refractivity contribution in [3.63, 3.8) is 0 Å². The lowest BCUT2D eigenvalue weighted by Crippen LogP contribution is -2.08. The van der Waals surface area contributed by atoms with Crippen LogP contribution in [0.2, 0.25) is 0 Å². The van der Waals surface area contributed by atoms with Crippen molar-refractivity contribution in [1.29, 1.82) is 0 Å². The van der Waals surface area contributed by atoms with E-state index in [0.717, 1.165) is 17.7 Å². The number of hydrogen-bond donors (Lipinski definition) is 2. The SMILES string of the molecule is NCCn1ccc2ccc(N)cc21. The molecule has 0 saturated heterocycles. The van der Waals surface area contributed by atoms with Gasteiger partial charge in [-0.15, -0.1) is 0 Å². The van der Waals surface area contributed by atoms with Gasteiger partial charge in [-0.1, -0.05) is 6.07 Å². The normalized spacial score (nSPS) is 10.8. The van der Waals surface area contributed by atoms with Crippen molar-refractivity contribution in [1.82, 2.24) is 4.57 Å².